The maximum atomic E-state index is 11.1. The fourth-order valence-electron chi connectivity index (χ4n) is 3.21. The molecule has 0 bridgehead atoms. The predicted octanol–water partition coefficient (Wildman–Crippen LogP) is 3.52. The molecule has 1 aliphatic rings. The first-order valence-corrected chi connectivity index (χ1v) is 7.53. The fraction of sp³-hybridized carbons (Fsp3) is 0.562. The van der Waals surface area contributed by atoms with Gasteiger partial charge in [0.2, 0.25) is 0 Å². The summed E-state index contributed by atoms with van der Waals surface area (Å²) < 4.78 is 5.03. The zero-order valence-electron chi connectivity index (χ0n) is 11.6. The van der Waals surface area contributed by atoms with Crippen molar-refractivity contribution >= 4 is 11.1 Å². The molecule has 1 aliphatic carbocycles. The number of oxazole rings is 1. The van der Waals surface area contributed by atoms with E-state index in [-0.39, 0.29) is 0 Å². The molecule has 2 N–H and O–H groups in total. The van der Waals surface area contributed by atoms with Gasteiger partial charge in [-0.05, 0) is 36.5 Å². The Morgan fingerprint density at radius 2 is 2.10 bits per heavy atom. The zero-order chi connectivity index (χ0) is 13.9. The van der Waals surface area contributed by atoms with Gasteiger partial charge < -0.3 is 9.52 Å². The van der Waals surface area contributed by atoms with Crippen molar-refractivity contribution in [2.75, 3.05) is 0 Å². The average Bonchev–Trinajstić information content (AvgIpc) is 2.85. The van der Waals surface area contributed by atoms with Crippen LogP contribution in [0.2, 0.25) is 0 Å². The SMILES string of the molecule is O=c1[nH]c2ccc(C(O)CCC3CCCCC3)cc2o1. The molecule has 1 aromatic heterocycles. The summed E-state index contributed by atoms with van der Waals surface area (Å²) in [7, 11) is 0. The Balaban J connectivity index is 1.65. The smallest absolute Gasteiger partial charge is 0.408 e. The first kappa shape index (κ1) is 13.4. The summed E-state index contributed by atoms with van der Waals surface area (Å²) in [5.41, 5.74) is 2.03. The summed E-state index contributed by atoms with van der Waals surface area (Å²) in [5.74, 6) is 0.321. The molecule has 0 aliphatic heterocycles. The van der Waals surface area contributed by atoms with Gasteiger partial charge in [0.15, 0.2) is 5.58 Å². The minimum absolute atomic E-state index is 0.450. The van der Waals surface area contributed by atoms with Crippen molar-refractivity contribution in [3.8, 4) is 0 Å². The normalized spacial score (nSPS) is 18.4. The molecule has 4 nitrogen and oxygen atoms in total. The molecule has 1 aromatic carbocycles. The van der Waals surface area contributed by atoms with Crippen molar-refractivity contribution in [2.24, 2.45) is 5.92 Å². The summed E-state index contributed by atoms with van der Waals surface area (Å²) in [6.45, 7) is 0. The number of fused-ring (bicyclic) bond motifs is 1. The molecule has 108 valence electrons. The van der Waals surface area contributed by atoms with Gasteiger partial charge in [-0.15, -0.1) is 0 Å². The van der Waals surface area contributed by atoms with Crippen LogP contribution in [0, 0.1) is 5.92 Å². The first-order chi connectivity index (χ1) is 9.72. The lowest BCUT2D eigenvalue weighted by Crippen LogP contribution is -2.08. The van der Waals surface area contributed by atoms with Crippen LogP contribution in [0.1, 0.15) is 56.6 Å². The van der Waals surface area contributed by atoms with Gasteiger partial charge in [-0.3, -0.25) is 4.98 Å². The molecule has 1 unspecified atom stereocenters. The minimum Gasteiger partial charge on any atom is -0.408 e. The Morgan fingerprint density at radius 1 is 1.30 bits per heavy atom. The lowest BCUT2D eigenvalue weighted by molar-refractivity contribution is 0.151. The summed E-state index contributed by atoms with van der Waals surface area (Å²) in [4.78, 5) is 13.7. The highest BCUT2D eigenvalue weighted by molar-refractivity contribution is 5.72. The predicted molar refractivity (Wildman–Crippen MR) is 77.6 cm³/mol. The van der Waals surface area contributed by atoms with Crippen molar-refractivity contribution in [1.29, 1.82) is 0 Å². The lowest BCUT2D eigenvalue weighted by Gasteiger charge is -2.22. The first-order valence-electron chi connectivity index (χ1n) is 7.53. The van der Waals surface area contributed by atoms with Gasteiger partial charge in [0, 0.05) is 0 Å². The third kappa shape index (κ3) is 2.96. The lowest BCUT2D eigenvalue weighted by atomic mass is 9.85. The maximum Gasteiger partial charge on any atom is 0.417 e. The third-order valence-corrected chi connectivity index (χ3v) is 4.40. The number of nitrogens with one attached hydrogen (secondary N) is 1. The third-order valence-electron chi connectivity index (χ3n) is 4.40. The molecule has 3 rings (SSSR count). The van der Waals surface area contributed by atoms with E-state index in [0.29, 0.717) is 11.1 Å². The molecule has 20 heavy (non-hydrogen) atoms. The van der Waals surface area contributed by atoms with Gasteiger partial charge in [0.05, 0.1) is 11.6 Å². The van der Waals surface area contributed by atoms with Gasteiger partial charge in [-0.25, -0.2) is 4.79 Å². The number of benzene rings is 1. The second-order valence-corrected chi connectivity index (χ2v) is 5.87. The van der Waals surface area contributed by atoms with Crippen molar-refractivity contribution in [3.05, 3.63) is 34.3 Å². The molecule has 4 heteroatoms. The van der Waals surface area contributed by atoms with Crippen LogP contribution in [0.15, 0.2) is 27.4 Å². The van der Waals surface area contributed by atoms with Gasteiger partial charge in [0.1, 0.15) is 0 Å². The maximum absolute atomic E-state index is 11.1. The molecular weight excluding hydrogens is 254 g/mol. The standard InChI is InChI=1S/C16H21NO3/c18-14(9-6-11-4-2-1-3-5-11)12-7-8-13-15(10-12)20-16(19)17-13/h7-8,10-11,14,18H,1-6,9H2,(H,17,19). The Hall–Kier alpha value is -1.55. The van der Waals surface area contributed by atoms with E-state index < -0.39 is 11.9 Å². The zero-order valence-corrected chi connectivity index (χ0v) is 11.6. The molecule has 1 saturated carbocycles. The molecule has 0 spiro atoms. The monoisotopic (exact) mass is 275 g/mol. The Kier molecular flexibility index (Phi) is 3.92. The summed E-state index contributed by atoms with van der Waals surface area (Å²) in [6, 6.07) is 5.41. The Bertz CT molecular complexity index is 622. The van der Waals surface area contributed by atoms with Gasteiger partial charge >= 0.3 is 5.76 Å². The second-order valence-electron chi connectivity index (χ2n) is 5.87. The molecule has 2 aromatic rings. The highest BCUT2D eigenvalue weighted by Gasteiger charge is 2.16. The Labute approximate surface area is 117 Å². The number of hydrogen-bond acceptors (Lipinski definition) is 3. The molecule has 1 heterocycles. The van der Waals surface area contributed by atoms with Crippen LogP contribution >= 0.6 is 0 Å². The molecule has 0 amide bonds. The number of hydrogen-bond donors (Lipinski definition) is 2. The summed E-state index contributed by atoms with van der Waals surface area (Å²) >= 11 is 0. The van der Waals surface area contributed by atoms with Crippen molar-refractivity contribution < 1.29 is 9.52 Å². The van der Waals surface area contributed by atoms with E-state index >= 15 is 0 Å². The van der Waals surface area contributed by atoms with Crippen LogP contribution in [-0.4, -0.2) is 10.1 Å². The molecule has 1 atom stereocenters. The highest BCUT2D eigenvalue weighted by Crippen LogP contribution is 2.30. The number of aromatic amines is 1. The number of aliphatic hydroxyl groups excluding tert-OH is 1. The highest BCUT2D eigenvalue weighted by atomic mass is 16.4. The topological polar surface area (TPSA) is 66.2 Å². The molecule has 1 fully saturated rings. The number of H-pyrrole nitrogens is 1. The molecular formula is C16H21NO3. The van der Waals surface area contributed by atoms with E-state index in [2.05, 4.69) is 4.98 Å². The van der Waals surface area contributed by atoms with Crippen LogP contribution in [0.3, 0.4) is 0 Å². The van der Waals surface area contributed by atoms with Gasteiger partial charge in [-0.1, -0.05) is 38.2 Å². The fourth-order valence-corrected chi connectivity index (χ4v) is 3.21. The van der Waals surface area contributed by atoms with Crippen LogP contribution in [0.4, 0.5) is 0 Å². The molecule has 0 saturated heterocycles. The Morgan fingerprint density at radius 3 is 2.90 bits per heavy atom. The molecule has 0 radical (unpaired) electrons. The average molecular weight is 275 g/mol. The minimum atomic E-state index is -0.471. The number of rotatable bonds is 4. The van der Waals surface area contributed by atoms with Crippen LogP contribution in [0.5, 0.6) is 0 Å². The van der Waals surface area contributed by atoms with E-state index in [1.165, 1.54) is 32.1 Å². The van der Waals surface area contributed by atoms with Crippen LogP contribution in [0.25, 0.3) is 11.1 Å². The van der Waals surface area contributed by atoms with E-state index in [1.807, 2.05) is 6.07 Å². The van der Waals surface area contributed by atoms with E-state index in [1.54, 1.807) is 12.1 Å². The van der Waals surface area contributed by atoms with Crippen LogP contribution < -0.4 is 5.76 Å². The summed E-state index contributed by atoms with van der Waals surface area (Å²) in [6.07, 6.45) is 8.03. The van der Waals surface area contributed by atoms with E-state index in [0.717, 1.165) is 24.3 Å². The number of aromatic nitrogens is 1. The van der Waals surface area contributed by atoms with E-state index in [4.69, 9.17) is 4.42 Å². The second kappa shape index (κ2) is 5.83. The van der Waals surface area contributed by atoms with Gasteiger partial charge in [0.25, 0.3) is 0 Å². The van der Waals surface area contributed by atoms with Crippen molar-refractivity contribution in [3.63, 3.8) is 0 Å². The van der Waals surface area contributed by atoms with Crippen molar-refractivity contribution in [2.45, 2.75) is 51.0 Å². The quantitative estimate of drug-likeness (QED) is 0.897. The van der Waals surface area contributed by atoms with E-state index in [9.17, 15) is 9.90 Å². The summed E-state index contributed by atoms with van der Waals surface area (Å²) in [5, 5.41) is 10.3. The van der Waals surface area contributed by atoms with Gasteiger partial charge in [-0.2, -0.15) is 0 Å². The van der Waals surface area contributed by atoms with Crippen molar-refractivity contribution in [1.82, 2.24) is 4.98 Å². The largest absolute Gasteiger partial charge is 0.417 e. The van der Waals surface area contributed by atoms with Crippen LogP contribution in [-0.2, 0) is 0 Å². The number of aliphatic hydroxyl groups is 1.